The maximum Gasteiger partial charge on any atom is 0.356 e. The molecule has 1 aromatic rings. The highest BCUT2D eigenvalue weighted by Crippen LogP contribution is 2.25. The molecule has 0 amide bonds. The van der Waals surface area contributed by atoms with Crippen molar-refractivity contribution in [2.24, 2.45) is 5.16 Å². The molecule has 0 N–H and O–H groups in total. The van der Waals surface area contributed by atoms with Crippen molar-refractivity contribution in [1.82, 2.24) is 4.98 Å². The Morgan fingerprint density at radius 2 is 2.50 bits per heavy atom. The van der Waals surface area contributed by atoms with Crippen LogP contribution in [0.4, 0.5) is 0 Å². The summed E-state index contributed by atoms with van der Waals surface area (Å²) in [5.74, 6) is -0.416. The number of nitrogens with zero attached hydrogens (tertiary/aromatic N) is 2. The average molecular weight is 220 g/mol. The van der Waals surface area contributed by atoms with Gasteiger partial charge in [0.25, 0.3) is 0 Å². The smallest absolute Gasteiger partial charge is 0.356 e. The van der Waals surface area contributed by atoms with Crippen LogP contribution in [-0.2, 0) is 14.4 Å². The second kappa shape index (κ2) is 4.74. The minimum Gasteiger partial charge on any atom is -0.461 e. The predicted octanol–water partition coefficient (Wildman–Crippen LogP) is 1.46. The van der Waals surface area contributed by atoms with Gasteiger partial charge in [0.15, 0.2) is 11.8 Å². The molecule has 0 saturated carbocycles. The van der Waals surface area contributed by atoms with E-state index in [0.717, 1.165) is 5.69 Å². The predicted molar refractivity (Wildman–Crippen MR) is 56.7 cm³/mol. The Balaban J connectivity index is 1.99. The summed E-state index contributed by atoms with van der Waals surface area (Å²) in [5, 5.41) is 3.71. The first-order chi connectivity index (χ1) is 7.81. The number of hydrogen-bond acceptors (Lipinski definition) is 5. The van der Waals surface area contributed by atoms with E-state index < -0.39 is 5.97 Å². The van der Waals surface area contributed by atoms with E-state index in [9.17, 15) is 4.79 Å². The lowest BCUT2D eigenvalue weighted by atomic mass is 10.1. The van der Waals surface area contributed by atoms with Crippen LogP contribution in [0.2, 0.25) is 0 Å². The van der Waals surface area contributed by atoms with E-state index in [1.807, 2.05) is 18.2 Å². The Morgan fingerprint density at radius 3 is 3.19 bits per heavy atom. The van der Waals surface area contributed by atoms with Crippen molar-refractivity contribution >= 4 is 11.7 Å². The number of esters is 1. The number of carbonyl (C=O) groups is 1. The zero-order valence-corrected chi connectivity index (χ0v) is 8.92. The molecule has 0 bridgehead atoms. The lowest BCUT2D eigenvalue weighted by Gasteiger charge is -2.05. The molecule has 2 heterocycles. The first-order valence-corrected chi connectivity index (χ1v) is 5.12. The van der Waals surface area contributed by atoms with Crippen molar-refractivity contribution in [2.45, 2.75) is 19.4 Å². The minimum atomic E-state index is -0.416. The van der Waals surface area contributed by atoms with Gasteiger partial charge in [-0.25, -0.2) is 4.79 Å². The number of pyridine rings is 1. The lowest BCUT2D eigenvalue weighted by Crippen LogP contribution is -2.16. The summed E-state index contributed by atoms with van der Waals surface area (Å²) in [4.78, 5) is 20.7. The van der Waals surface area contributed by atoms with Crippen LogP contribution in [0.1, 0.15) is 25.1 Å². The molecule has 1 aliphatic heterocycles. The van der Waals surface area contributed by atoms with Crippen LogP contribution in [0.15, 0.2) is 29.6 Å². The summed E-state index contributed by atoms with van der Waals surface area (Å²) >= 11 is 0. The maximum atomic E-state index is 11.4. The Kier molecular flexibility index (Phi) is 3.14. The van der Waals surface area contributed by atoms with Crippen LogP contribution in [0.25, 0.3) is 0 Å². The third-order valence-corrected chi connectivity index (χ3v) is 2.20. The van der Waals surface area contributed by atoms with Gasteiger partial charge in [-0.05, 0) is 19.1 Å². The fourth-order valence-corrected chi connectivity index (χ4v) is 1.44. The molecule has 1 aliphatic rings. The van der Waals surface area contributed by atoms with Gasteiger partial charge in [0.05, 0.1) is 12.3 Å². The van der Waals surface area contributed by atoms with Gasteiger partial charge in [0.2, 0.25) is 0 Å². The summed E-state index contributed by atoms with van der Waals surface area (Å²) in [6, 6.07) is 5.54. The molecule has 0 aliphatic carbocycles. The third kappa shape index (κ3) is 2.18. The maximum absolute atomic E-state index is 11.4. The van der Waals surface area contributed by atoms with Crippen molar-refractivity contribution < 1.29 is 14.4 Å². The Labute approximate surface area is 93.1 Å². The number of hydrogen-bond donors (Lipinski definition) is 0. The molecule has 1 aromatic heterocycles. The summed E-state index contributed by atoms with van der Waals surface area (Å²) in [6.07, 6.45) is 1.82. The Hall–Kier alpha value is -1.91. The highest BCUT2D eigenvalue weighted by atomic mass is 16.6. The average Bonchev–Trinajstić information content (AvgIpc) is 2.80. The fraction of sp³-hybridized carbons (Fsp3) is 0.364. The molecule has 0 fully saturated rings. The lowest BCUT2D eigenvalue weighted by molar-refractivity contribution is -0.135. The molecule has 0 unspecified atom stereocenters. The molecule has 16 heavy (non-hydrogen) atoms. The largest absolute Gasteiger partial charge is 0.461 e. The zero-order chi connectivity index (χ0) is 11.4. The monoisotopic (exact) mass is 220 g/mol. The van der Waals surface area contributed by atoms with Crippen molar-refractivity contribution in [3.05, 3.63) is 30.1 Å². The minimum absolute atomic E-state index is 0.277. The van der Waals surface area contributed by atoms with E-state index in [2.05, 4.69) is 10.1 Å². The first kappa shape index (κ1) is 10.6. The zero-order valence-electron chi connectivity index (χ0n) is 8.92. The number of aromatic nitrogens is 1. The normalized spacial score (nSPS) is 18.8. The first-order valence-electron chi connectivity index (χ1n) is 5.12. The second-order valence-corrected chi connectivity index (χ2v) is 3.31. The van der Waals surface area contributed by atoms with Crippen molar-refractivity contribution in [3.8, 4) is 0 Å². The van der Waals surface area contributed by atoms with Gasteiger partial charge in [-0.3, -0.25) is 4.98 Å². The third-order valence-electron chi connectivity index (χ3n) is 2.20. The standard InChI is InChI=1S/C11H12N2O3/c1-2-15-11(14)9-7-10(16-13-9)8-5-3-4-6-12-8/h3-6,10H,2,7H2,1H3/t10-/m1/s1. The van der Waals surface area contributed by atoms with E-state index in [0.29, 0.717) is 18.7 Å². The molecule has 5 heteroatoms. The van der Waals surface area contributed by atoms with Gasteiger partial charge in [-0.15, -0.1) is 0 Å². The van der Waals surface area contributed by atoms with Gasteiger partial charge >= 0.3 is 5.97 Å². The van der Waals surface area contributed by atoms with Gasteiger partial charge in [-0.1, -0.05) is 11.2 Å². The van der Waals surface area contributed by atoms with Gasteiger partial charge in [0, 0.05) is 12.6 Å². The van der Waals surface area contributed by atoms with E-state index >= 15 is 0 Å². The van der Waals surface area contributed by atoms with Crippen LogP contribution in [0.3, 0.4) is 0 Å². The van der Waals surface area contributed by atoms with Crippen molar-refractivity contribution in [1.29, 1.82) is 0 Å². The van der Waals surface area contributed by atoms with E-state index in [-0.39, 0.29) is 6.10 Å². The SMILES string of the molecule is CCOC(=O)C1=NO[C@@H](c2ccccn2)C1. The molecule has 0 saturated heterocycles. The van der Waals surface area contributed by atoms with Crippen LogP contribution in [0.5, 0.6) is 0 Å². The summed E-state index contributed by atoms with van der Waals surface area (Å²) < 4.78 is 4.84. The van der Waals surface area contributed by atoms with Crippen LogP contribution in [-0.4, -0.2) is 23.3 Å². The number of ether oxygens (including phenoxy) is 1. The molecule has 2 rings (SSSR count). The van der Waals surface area contributed by atoms with Gasteiger partial charge < -0.3 is 9.57 Å². The highest BCUT2D eigenvalue weighted by Gasteiger charge is 2.28. The molecule has 1 atom stereocenters. The van der Waals surface area contributed by atoms with Crippen molar-refractivity contribution in [3.63, 3.8) is 0 Å². The molecule has 0 radical (unpaired) electrons. The number of oxime groups is 1. The highest BCUT2D eigenvalue weighted by molar-refractivity contribution is 6.36. The van der Waals surface area contributed by atoms with E-state index in [4.69, 9.17) is 9.57 Å². The molecule has 84 valence electrons. The number of rotatable bonds is 3. The topological polar surface area (TPSA) is 60.8 Å². The van der Waals surface area contributed by atoms with Crippen LogP contribution >= 0.6 is 0 Å². The van der Waals surface area contributed by atoms with Crippen LogP contribution < -0.4 is 0 Å². The second-order valence-electron chi connectivity index (χ2n) is 3.31. The van der Waals surface area contributed by atoms with Gasteiger partial charge in [0.1, 0.15) is 0 Å². The quantitative estimate of drug-likeness (QED) is 0.723. The Morgan fingerprint density at radius 1 is 1.62 bits per heavy atom. The van der Waals surface area contributed by atoms with Crippen molar-refractivity contribution in [2.75, 3.05) is 6.61 Å². The summed E-state index contributed by atoms with van der Waals surface area (Å²) in [6.45, 7) is 2.09. The van der Waals surface area contributed by atoms with E-state index in [1.165, 1.54) is 0 Å². The molecular weight excluding hydrogens is 208 g/mol. The summed E-state index contributed by atoms with van der Waals surface area (Å²) in [7, 11) is 0. The molecular formula is C11H12N2O3. The molecule has 0 spiro atoms. The van der Waals surface area contributed by atoms with E-state index in [1.54, 1.807) is 13.1 Å². The Bertz CT molecular complexity index is 403. The molecule has 5 nitrogen and oxygen atoms in total. The molecule has 0 aromatic carbocycles. The number of carbonyl (C=O) groups excluding carboxylic acids is 1. The summed E-state index contributed by atoms with van der Waals surface area (Å²) in [5.41, 5.74) is 1.09. The van der Waals surface area contributed by atoms with Gasteiger partial charge in [-0.2, -0.15) is 0 Å². The fourth-order valence-electron chi connectivity index (χ4n) is 1.44. The van der Waals surface area contributed by atoms with Crippen LogP contribution in [0, 0.1) is 0 Å².